The van der Waals surface area contributed by atoms with Crippen LogP contribution in [0.5, 0.6) is 0 Å². The van der Waals surface area contributed by atoms with E-state index in [1.165, 1.54) is 12.8 Å². The first-order valence-corrected chi connectivity index (χ1v) is 5.68. The predicted octanol–water partition coefficient (Wildman–Crippen LogP) is 2.95. The third-order valence-electron chi connectivity index (χ3n) is 3.41. The normalized spacial score (nSPS) is 17.2. The minimum Gasteiger partial charge on any atom is -0.342 e. The molecule has 1 aliphatic rings. The summed E-state index contributed by atoms with van der Waals surface area (Å²) in [6, 6.07) is 7.87. The number of imidazole rings is 1. The molecule has 1 aromatic carbocycles. The fourth-order valence-electron chi connectivity index (χ4n) is 2.18. The van der Waals surface area contributed by atoms with Gasteiger partial charge in [-0.3, -0.25) is 0 Å². The van der Waals surface area contributed by atoms with Gasteiger partial charge < -0.3 is 4.98 Å². The van der Waals surface area contributed by atoms with Gasteiger partial charge in [0.25, 0.3) is 0 Å². The van der Waals surface area contributed by atoms with E-state index in [9.17, 15) is 0 Å². The van der Waals surface area contributed by atoms with Gasteiger partial charge in [0.05, 0.1) is 11.1 Å². The van der Waals surface area contributed by atoms with E-state index in [0.717, 1.165) is 22.8 Å². The van der Waals surface area contributed by atoms with Gasteiger partial charge in [0.15, 0.2) is 0 Å². The smallest absolute Gasteiger partial charge is 0.110 e. The van der Waals surface area contributed by atoms with E-state index in [4.69, 9.17) is 5.26 Å². The van der Waals surface area contributed by atoms with Crippen molar-refractivity contribution in [2.75, 3.05) is 0 Å². The Kier molecular flexibility index (Phi) is 1.97. The van der Waals surface area contributed by atoms with Crippen LogP contribution in [0.4, 0.5) is 0 Å². The summed E-state index contributed by atoms with van der Waals surface area (Å²) >= 11 is 0. The maximum Gasteiger partial charge on any atom is 0.110 e. The maximum atomic E-state index is 9.00. The Bertz CT molecular complexity index is 572. The fourth-order valence-corrected chi connectivity index (χ4v) is 2.18. The molecule has 1 unspecified atom stereocenters. The molecule has 1 aromatic heterocycles. The highest BCUT2D eigenvalue weighted by molar-refractivity contribution is 5.81. The minimum atomic E-state index is 0.485. The number of aromatic amines is 1. The molecule has 0 saturated heterocycles. The van der Waals surface area contributed by atoms with Crippen molar-refractivity contribution in [1.29, 1.82) is 5.26 Å². The highest BCUT2D eigenvalue weighted by Gasteiger charge is 2.30. The minimum absolute atomic E-state index is 0.485. The molecule has 1 fully saturated rings. The van der Waals surface area contributed by atoms with Crippen LogP contribution in [-0.2, 0) is 0 Å². The lowest BCUT2D eigenvalue weighted by molar-refractivity contribution is 0.630. The topological polar surface area (TPSA) is 52.5 Å². The Hall–Kier alpha value is -1.82. The van der Waals surface area contributed by atoms with E-state index in [2.05, 4.69) is 23.0 Å². The number of hydrogen-bond donors (Lipinski definition) is 1. The van der Waals surface area contributed by atoms with Crippen molar-refractivity contribution < 1.29 is 0 Å². The second-order valence-corrected chi connectivity index (χ2v) is 4.56. The van der Waals surface area contributed by atoms with Gasteiger partial charge in [0, 0.05) is 5.92 Å². The Morgan fingerprint density at radius 1 is 1.50 bits per heavy atom. The summed E-state index contributed by atoms with van der Waals surface area (Å²) in [6.07, 6.45) is 2.62. The average Bonchev–Trinajstić information content (AvgIpc) is 3.06. The number of aromatic nitrogens is 2. The van der Waals surface area contributed by atoms with Gasteiger partial charge in [-0.25, -0.2) is 4.98 Å². The van der Waals surface area contributed by atoms with Gasteiger partial charge >= 0.3 is 0 Å². The molecule has 0 bridgehead atoms. The largest absolute Gasteiger partial charge is 0.342 e. The second-order valence-electron chi connectivity index (χ2n) is 4.56. The Labute approximate surface area is 94.1 Å². The zero-order chi connectivity index (χ0) is 11.1. The Morgan fingerprint density at radius 3 is 3.00 bits per heavy atom. The molecular formula is C13H13N3. The molecule has 2 aromatic rings. The molecule has 0 aliphatic heterocycles. The van der Waals surface area contributed by atoms with Crippen LogP contribution in [0.3, 0.4) is 0 Å². The van der Waals surface area contributed by atoms with E-state index in [1.807, 2.05) is 18.2 Å². The van der Waals surface area contributed by atoms with E-state index >= 15 is 0 Å². The van der Waals surface area contributed by atoms with Crippen LogP contribution < -0.4 is 0 Å². The van der Waals surface area contributed by atoms with Crippen LogP contribution in [0.1, 0.15) is 37.1 Å². The van der Waals surface area contributed by atoms with E-state index in [1.54, 1.807) is 0 Å². The summed E-state index contributed by atoms with van der Waals surface area (Å²) in [6.45, 7) is 2.21. The van der Waals surface area contributed by atoms with Crippen LogP contribution in [0.2, 0.25) is 0 Å². The quantitative estimate of drug-likeness (QED) is 0.830. The van der Waals surface area contributed by atoms with Crippen molar-refractivity contribution in [1.82, 2.24) is 9.97 Å². The van der Waals surface area contributed by atoms with Crippen LogP contribution in [0.15, 0.2) is 18.2 Å². The molecule has 80 valence electrons. The molecule has 1 atom stereocenters. The standard InChI is InChI=1S/C13H13N3/c1-8(9-5-6-9)13-15-11-4-2-3-10(7-14)12(11)16-13/h2-4,8-9H,5-6H2,1H3,(H,15,16). The summed E-state index contributed by atoms with van der Waals surface area (Å²) in [7, 11) is 0. The number of H-pyrrole nitrogens is 1. The van der Waals surface area contributed by atoms with Crippen molar-refractivity contribution in [3.8, 4) is 6.07 Å². The number of rotatable bonds is 2. The number of para-hydroxylation sites is 1. The van der Waals surface area contributed by atoms with Crippen LogP contribution >= 0.6 is 0 Å². The molecule has 16 heavy (non-hydrogen) atoms. The SMILES string of the molecule is CC(c1nc2c(C#N)cccc2[nH]1)C1CC1. The van der Waals surface area contributed by atoms with Gasteiger partial charge in [-0.1, -0.05) is 13.0 Å². The zero-order valence-corrected chi connectivity index (χ0v) is 9.20. The third-order valence-corrected chi connectivity index (χ3v) is 3.41. The maximum absolute atomic E-state index is 9.00. The molecule has 3 nitrogen and oxygen atoms in total. The Morgan fingerprint density at radius 2 is 2.31 bits per heavy atom. The first-order valence-electron chi connectivity index (χ1n) is 5.68. The molecule has 1 aliphatic carbocycles. The van der Waals surface area contributed by atoms with E-state index in [-0.39, 0.29) is 0 Å². The highest BCUT2D eigenvalue weighted by Crippen LogP contribution is 2.41. The lowest BCUT2D eigenvalue weighted by Gasteiger charge is -2.04. The average molecular weight is 211 g/mol. The molecular weight excluding hydrogens is 198 g/mol. The van der Waals surface area contributed by atoms with Gasteiger partial charge in [-0.15, -0.1) is 0 Å². The molecule has 0 amide bonds. The van der Waals surface area contributed by atoms with Crippen LogP contribution in [0, 0.1) is 17.2 Å². The molecule has 0 spiro atoms. The summed E-state index contributed by atoms with van der Waals surface area (Å²) in [4.78, 5) is 7.90. The third kappa shape index (κ3) is 1.38. The number of nitrogens with one attached hydrogen (secondary N) is 1. The van der Waals surface area contributed by atoms with E-state index < -0.39 is 0 Å². The first kappa shape index (κ1) is 9.41. The van der Waals surface area contributed by atoms with Gasteiger partial charge in [0.2, 0.25) is 0 Å². The first-order chi connectivity index (χ1) is 7.79. The van der Waals surface area contributed by atoms with Crippen molar-refractivity contribution in [2.24, 2.45) is 5.92 Å². The fraction of sp³-hybridized carbons (Fsp3) is 0.385. The number of benzene rings is 1. The molecule has 3 rings (SSSR count). The van der Waals surface area contributed by atoms with Crippen molar-refractivity contribution in [2.45, 2.75) is 25.7 Å². The number of fused-ring (bicyclic) bond motifs is 1. The summed E-state index contributed by atoms with van der Waals surface area (Å²) < 4.78 is 0. The summed E-state index contributed by atoms with van der Waals surface area (Å²) in [5.41, 5.74) is 2.44. The van der Waals surface area contributed by atoms with Gasteiger partial charge in [0.1, 0.15) is 17.4 Å². The van der Waals surface area contributed by atoms with Crippen molar-refractivity contribution >= 4 is 11.0 Å². The zero-order valence-electron chi connectivity index (χ0n) is 9.20. The molecule has 3 heteroatoms. The monoisotopic (exact) mass is 211 g/mol. The van der Waals surface area contributed by atoms with E-state index in [0.29, 0.717) is 11.5 Å². The lowest BCUT2D eigenvalue weighted by atomic mass is 10.1. The predicted molar refractivity (Wildman–Crippen MR) is 61.9 cm³/mol. The number of nitrogens with zero attached hydrogens (tertiary/aromatic N) is 2. The summed E-state index contributed by atoms with van der Waals surface area (Å²) in [5.74, 6) is 2.30. The van der Waals surface area contributed by atoms with Crippen molar-refractivity contribution in [3.05, 3.63) is 29.6 Å². The van der Waals surface area contributed by atoms with Gasteiger partial charge in [-0.2, -0.15) is 5.26 Å². The molecule has 1 N–H and O–H groups in total. The number of nitriles is 1. The molecule has 0 radical (unpaired) electrons. The highest BCUT2D eigenvalue weighted by atomic mass is 14.9. The van der Waals surface area contributed by atoms with Crippen LogP contribution in [-0.4, -0.2) is 9.97 Å². The summed E-state index contributed by atoms with van der Waals surface area (Å²) in [5, 5.41) is 9.00. The van der Waals surface area contributed by atoms with Crippen LogP contribution in [0.25, 0.3) is 11.0 Å². The Balaban J connectivity index is 2.12. The lowest BCUT2D eigenvalue weighted by Crippen LogP contribution is -1.97. The van der Waals surface area contributed by atoms with Gasteiger partial charge in [-0.05, 0) is 30.9 Å². The number of hydrogen-bond acceptors (Lipinski definition) is 2. The molecule has 1 saturated carbocycles. The second kappa shape index (κ2) is 3.34. The van der Waals surface area contributed by atoms with Crippen molar-refractivity contribution in [3.63, 3.8) is 0 Å². The molecule has 1 heterocycles.